The summed E-state index contributed by atoms with van der Waals surface area (Å²) in [6, 6.07) is 34.7. The van der Waals surface area contributed by atoms with Gasteiger partial charge in [0.2, 0.25) is 5.52 Å². The van der Waals surface area contributed by atoms with E-state index in [1.54, 1.807) is 5.57 Å². The molecule has 4 aromatic carbocycles. The lowest BCUT2D eigenvalue weighted by Crippen LogP contribution is -2.33. The Hall–Kier alpha value is -3.28. The molecule has 3 atom stereocenters. The Labute approximate surface area is 309 Å². The van der Waals surface area contributed by atoms with E-state index in [0.717, 1.165) is 48.8 Å². The van der Waals surface area contributed by atoms with Gasteiger partial charge in [-0.25, -0.2) is 0 Å². The first kappa shape index (κ1) is 34.2. The third-order valence-corrected chi connectivity index (χ3v) is 12.9. The molecule has 6 heteroatoms. The molecule has 1 aliphatic heterocycles. The van der Waals surface area contributed by atoms with Crippen LogP contribution in [0.25, 0.3) is 16.3 Å². The Morgan fingerprint density at radius 1 is 0.898 bits per heavy atom. The van der Waals surface area contributed by atoms with Crippen LogP contribution in [0, 0.1) is 11.8 Å². The molecule has 5 aromatic rings. The molecule has 49 heavy (non-hydrogen) atoms. The van der Waals surface area contributed by atoms with Gasteiger partial charge in [-0.3, -0.25) is 0 Å². The fraction of sp³-hybridized carbons (Fsp3) is 0.279. The monoisotopic (exact) mass is 721 g/mol. The molecule has 1 aliphatic carbocycles. The van der Waals surface area contributed by atoms with Crippen molar-refractivity contribution in [2.75, 3.05) is 11.4 Å². The fourth-order valence-electron chi connectivity index (χ4n) is 7.63. The summed E-state index contributed by atoms with van der Waals surface area (Å²) in [4.78, 5) is 3.67. The number of rotatable bonds is 11. The highest BCUT2D eigenvalue weighted by Gasteiger charge is 2.33. The van der Waals surface area contributed by atoms with E-state index in [9.17, 15) is 0 Å². The second kappa shape index (κ2) is 15.7. The van der Waals surface area contributed by atoms with Crippen molar-refractivity contribution in [3.63, 3.8) is 0 Å². The normalized spacial score (nSPS) is 19.9. The van der Waals surface area contributed by atoms with Crippen LogP contribution in [0.2, 0.25) is 10.0 Å². The van der Waals surface area contributed by atoms with Crippen molar-refractivity contribution in [1.82, 2.24) is 0 Å². The summed E-state index contributed by atoms with van der Waals surface area (Å²) in [5.74, 6) is 1.41. The number of anilines is 1. The molecule has 0 radical (unpaired) electrons. The molecule has 0 bridgehead atoms. The van der Waals surface area contributed by atoms with Crippen LogP contribution in [0.1, 0.15) is 61.6 Å². The van der Waals surface area contributed by atoms with Crippen LogP contribution in [0.15, 0.2) is 131 Å². The lowest BCUT2D eigenvalue weighted by Gasteiger charge is -2.26. The largest absolute Gasteiger partial charge is 0.335 e. The minimum absolute atomic E-state index is 0.464. The molecule has 1 aromatic heterocycles. The van der Waals surface area contributed by atoms with Gasteiger partial charge in [0, 0.05) is 33.6 Å². The van der Waals surface area contributed by atoms with Gasteiger partial charge in [0.1, 0.15) is 11.2 Å². The molecule has 0 saturated heterocycles. The van der Waals surface area contributed by atoms with Gasteiger partial charge in [0.05, 0.1) is 10.7 Å². The number of fused-ring (bicyclic) bond motifs is 2. The topological polar surface area (TPSA) is 7.12 Å². The van der Waals surface area contributed by atoms with Crippen LogP contribution < -0.4 is 9.47 Å². The molecule has 2 heterocycles. The highest BCUT2D eigenvalue weighted by molar-refractivity contribution is 8.03. The number of hydrogen-bond acceptors (Lipinski definition) is 3. The van der Waals surface area contributed by atoms with Gasteiger partial charge < -0.3 is 4.90 Å². The fourth-order valence-corrected chi connectivity index (χ4v) is 10.2. The standard InChI is InChI=1S/C43H43Cl2N2S2/c1-3-46-38-28-35(44)21-23-40(38)48-42(46)25-19-32-17-18-33(20-26-43-47(4-2)39-29-36(45)22-24-41(39)49-43)37(32)27-34(31-13-9-6-10-14-31)16-15-30-11-7-5-8-12-30/h5-14,19-26,28-29,32,34,37H,3-4,15-18,27H2,1-2H3/q+1. The van der Waals surface area contributed by atoms with E-state index in [2.05, 4.69) is 133 Å². The summed E-state index contributed by atoms with van der Waals surface area (Å²) in [7, 11) is 0. The van der Waals surface area contributed by atoms with Crippen molar-refractivity contribution in [2.45, 2.75) is 63.3 Å². The Balaban J connectivity index is 1.22. The van der Waals surface area contributed by atoms with E-state index in [-0.39, 0.29) is 0 Å². The van der Waals surface area contributed by atoms with Gasteiger partial charge in [0.25, 0.3) is 5.01 Å². The molecule has 1 saturated carbocycles. The van der Waals surface area contributed by atoms with E-state index < -0.39 is 0 Å². The lowest BCUT2D eigenvalue weighted by atomic mass is 9.79. The molecule has 3 unspecified atom stereocenters. The van der Waals surface area contributed by atoms with Gasteiger partial charge in [-0.15, -0.1) is 0 Å². The first-order chi connectivity index (χ1) is 24.0. The summed E-state index contributed by atoms with van der Waals surface area (Å²) >= 11 is 16.5. The molecule has 0 amide bonds. The number of thiazole rings is 1. The van der Waals surface area contributed by atoms with E-state index in [0.29, 0.717) is 17.8 Å². The number of nitrogens with zero attached hydrogens (tertiary/aromatic N) is 2. The zero-order chi connectivity index (χ0) is 33.7. The Morgan fingerprint density at radius 3 is 2.43 bits per heavy atom. The maximum absolute atomic E-state index is 6.42. The Morgan fingerprint density at radius 2 is 1.65 bits per heavy atom. The maximum atomic E-state index is 6.42. The SMILES string of the molecule is CCN1C(=CC=C2CCC(C=Cc3sc4ccc(Cl)cc4[n+]3CC)C2CC(CCc2ccccc2)c2ccccc2)Sc2ccc(Cl)cc21. The predicted molar refractivity (Wildman–Crippen MR) is 213 cm³/mol. The first-order valence-electron chi connectivity index (χ1n) is 17.5. The molecule has 250 valence electrons. The number of aromatic nitrogens is 1. The summed E-state index contributed by atoms with van der Waals surface area (Å²) in [5, 5.41) is 4.15. The van der Waals surface area contributed by atoms with Gasteiger partial charge in [-0.1, -0.05) is 125 Å². The summed E-state index contributed by atoms with van der Waals surface area (Å²) in [6.07, 6.45) is 15.4. The molecule has 1 fully saturated rings. The summed E-state index contributed by atoms with van der Waals surface area (Å²) in [5.41, 5.74) is 6.87. The molecule has 0 N–H and O–H groups in total. The number of aryl methyl sites for hydroxylation is 2. The molecule has 2 aliphatic rings. The summed E-state index contributed by atoms with van der Waals surface area (Å²) < 4.78 is 3.68. The van der Waals surface area contributed by atoms with Crippen molar-refractivity contribution in [3.8, 4) is 0 Å². The Bertz CT molecular complexity index is 2000. The zero-order valence-electron chi connectivity index (χ0n) is 28.2. The van der Waals surface area contributed by atoms with Gasteiger partial charge in [0.15, 0.2) is 0 Å². The van der Waals surface area contributed by atoms with Crippen LogP contribution >= 0.6 is 46.3 Å². The van der Waals surface area contributed by atoms with Crippen LogP contribution in [-0.4, -0.2) is 6.54 Å². The Kier molecular flexibility index (Phi) is 11.0. The summed E-state index contributed by atoms with van der Waals surface area (Å²) in [6.45, 7) is 6.28. The predicted octanol–water partition coefficient (Wildman–Crippen LogP) is 12.8. The molecule has 0 spiro atoms. The van der Waals surface area contributed by atoms with Crippen LogP contribution in [0.5, 0.6) is 0 Å². The second-order valence-electron chi connectivity index (χ2n) is 13.0. The molecule has 2 nitrogen and oxygen atoms in total. The highest BCUT2D eigenvalue weighted by Crippen LogP contribution is 2.48. The average Bonchev–Trinajstić information content (AvgIpc) is 3.80. The van der Waals surface area contributed by atoms with Gasteiger partial charge >= 0.3 is 0 Å². The van der Waals surface area contributed by atoms with E-state index in [1.807, 2.05) is 35.2 Å². The number of allylic oxidation sites excluding steroid dienone is 4. The number of halogens is 2. The minimum atomic E-state index is 0.464. The van der Waals surface area contributed by atoms with Crippen molar-refractivity contribution in [1.29, 1.82) is 0 Å². The number of thioether (sulfide) groups is 1. The second-order valence-corrected chi connectivity index (χ2v) is 16.0. The average molecular weight is 723 g/mol. The van der Waals surface area contributed by atoms with Crippen molar-refractivity contribution in [3.05, 3.63) is 152 Å². The van der Waals surface area contributed by atoms with Crippen LogP contribution in [0.4, 0.5) is 5.69 Å². The maximum Gasteiger partial charge on any atom is 0.262 e. The quantitative estimate of drug-likeness (QED) is 0.125. The number of hydrogen-bond donors (Lipinski definition) is 0. The smallest absolute Gasteiger partial charge is 0.262 e. The lowest BCUT2D eigenvalue weighted by molar-refractivity contribution is -0.665. The van der Waals surface area contributed by atoms with Crippen molar-refractivity contribution < 1.29 is 4.57 Å². The van der Waals surface area contributed by atoms with E-state index in [1.165, 1.54) is 48.4 Å². The van der Waals surface area contributed by atoms with Gasteiger partial charge in [-0.2, -0.15) is 4.57 Å². The molecular weight excluding hydrogens is 680 g/mol. The molecular formula is C43H43Cl2N2S2+. The van der Waals surface area contributed by atoms with Crippen LogP contribution in [0.3, 0.4) is 0 Å². The van der Waals surface area contributed by atoms with Crippen molar-refractivity contribution in [2.24, 2.45) is 11.8 Å². The van der Waals surface area contributed by atoms with E-state index in [4.69, 9.17) is 23.2 Å². The third-order valence-electron chi connectivity index (χ3n) is 10.1. The van der Waals surface area contributed by atoms with Crippen LogP contribution in [-0.2, 0) is 13.0 Å². The highest BCUT2D eigenvalue weighted by atomic mass is 35.5. The van der Waals surface area contributed by atoms with Crippen molar-refractivity contribution >= 4 is 68.3 Å². The molecule has 7 rings (SSSR count). The van der Waals surface area contributed by atoms with E-state index >= 15 is 0 Å². The first-order valence-corrected chi connectivity index (χ1v) is 19.9. The number of benzene rings is 4. The van der Waals surface area contributed by atoms with Gasteiger partial charge in [-0.05, 0) is 111 Å². The zero-order valence-corrected chi connectivity index (χ0v) is 31.3. The third kappa shape index (κ3) is 7.73. The minimum Gasteiger partial charge on any atom is -0.335 e.